The standard InChI is InChI=1S/C14H14N4O2/c15-10-4-3-8(11-7-17-14(16)18-11)6-9(10)13(19)12-2-1-5-20-12/h3-4,6-7,12H,1-2,5H2,(H3,15,16,18,19)/p+1. The van der Waals surface area contributed by atoms with Crippen LogP contribution in [0.3, 0.4) is 0 Å². The second-order valence-electron chi connectivity index (χ2n) is 4.78. The number of guanidine groups is 1. The first-order valence-electron chi connectivity index (χ1n) is 6.46. The van der Waals surface area contributed by atoms with Gasteiger partial charge in [-0.3, -0.25) is 10.5 Å². The molecule has 1 aromatic carbocycles. The Balaban J connectivity index is 1.93. The van der Waals surface area contributed by atoms with Crippen molar-refractivity contribution in [2.75, 3.05) is 12.3 Å². The zero-order valence-corrected chi connectivity index (χ0v) is 10.9. The molecule has 0 spiro atoms. The van der Waals surface area contributed by atoms with Crippen LogP contribution in [-0.4, -0.2) is 36.4 Å². The maximum Gasteiger partial charge on any atom is 0.478 e. The van der Waals surface area contributed by atoms with Crippen LogP contribution >= 0.6 is 0 Å². The highest BCUT2D eigenvalue weighted by atomic mass is 16.5. The summed E-state index contributed by atoms with van der Waals surface area (Å²) in [5.41, 5.74) is 13.7. The van der Waals surface area contributed by atoms with Gasteiger partial charge in [0, 0.05) is 23.4 Å². The number of ketones is 1. The lowest BCUT2D eigenvalue weighted by atomic mass is 9.98. The quantitative estimate of drug-likeness (QED) is 0.454. The highest BCUT2D eigenvalue weighted by Gasteiger charge is 2.27. The molecule has 0 aromatic heterocycles. The monoisotopic (exact) mass is 271 g/mol. The lowest BCUT2D eigenvalue weighted by Gasteiger charge is -2.11. The second kappa shape index (κ2) is 4.92. The Kier molecular flexibility index (Phi) is 3.10. The van der Waals surface area contributed by atoms with Gasteiger partial charge < -0.3 is 10.5 Å². The number of nitrogen functional groups attached to an aromatic ring is 1. The fourth-order valence-corrected chi connectivity index (χ4v) is 2.33. The topological polar surface area (TPSA) is 105 Å². The number of benzene rings is 1. The molecule has 6 nitrogen and oxygen atoms in total. The van der Waals surface area contributed by atoms with Gasteiger partial charge in [-0.1, -0.05) is 4.99 Å². The van der Waals surface area contributed by atoms with E-state index in [1.807, 2.05) is 0 Å². The molecule has 102 valence electrons. The largest absolute Gasteiger partial charge is 0.478 e. The summed E-state index contributed by atoms with van der Waals surface area (Å²) in [5, 5.41) is 0. The first-order valence-corrected chi connectivity index (χ1v) is 6.46. The fourth-order valence-electron chi connectivity index (χ4n) is 2.33. The Morgan fingerprint density at radius 2 is 2.25 bits per heavy atom. The van der Waals surface area contributed by atoms with E-state index in [1.165, 1.54) is 0 Å². The lowest BCUT2D eigenvalue weighted by Crippen LogP contribution is -2.21. The number of rotatable bonds is 3. The van der Waals surface area contributed by atoms with Crippen LogP contribution in [0.15, 0.2) is 23.2 Å². The molecule has 4 N–H and O–H groups in total. The molecule has 1 atom stereocenters. The molecule has 1 saturated heterocycles. The van der Waals surface area contributed by atoms with Gasteiger partial charge in [0.2, 0.25) is 6.21 Å². The van der Waals surface area contributed by atoms with Crippen molar-refractivity contribution in [3.63, 3.8) is 0 Å². The molecule has 1 aromatic rings. The number of ether oxygens (including phenoxy) is 1. The van der Waals surface area contributed by atoms with Crippen molar-refractivity contribution in [3.05, 3.63) is 29.3 Å². The zero-order valence-electron chi connectivity index (χ0n) is 10.9. The van der Waals surface area contributed by atoms with Gasteiger partial charge in [0.05, 0.1) is 0 Å². The van der Waals surface area contributed by atoms with Gasteiger partial charge in [-0.15, -0.1) is 0 Å². The Labute approximate surface area is 115 Å². The molecular formula is C14H15N4O2+. The Morgan fingerprint density at radius 1 is 1.40 bits per heavy atom. The SMILES string of the molecule is NC1=[N+]=CC(c2ccc(N)c(C(=O)C3CCCO3)c2)=N1. The molecule has 20 heavy (non-hydrogen) atoms. The second-order valence-corrected chi connectivity index (χ2v) is 4.78. The maximum absolute atomic E-state index is 12.4. The van der Waals surface area contributed by atoms with Gasteiger partial charge in [0.25, 0.3) is 0 Å². The predicted molar refractivity (Wildman–Crippen MR) is 78.1 cm³/mol. The van der Waals surface area contributed by atoms with E-state index in [-0.39, 0.29) is 17.8 Å². The van der Waals surface area contributed by atoms with Crippen molar-refractivity contribution in [1.29, 1.82) is 0 Å². The van der Waals surface area contributed by atoms with E-state index in [1.54, 1.807) is 24.4 Å². The van der Waals surface area contributed by atoms with Crippen molar-refractivity contribution in [1.82, 2.24) is 4.67 Å². The third-order valence-electron chi connectivity index (χ3n) is 3.39. The minimum Gasteiger partial charge on any atom is -0.398 e. The molecule has 0 amide bonds. The number of Topliss-reactive ketones (excluding diaryl/α,β-unsaturated/α-hetero) is 1. The Morgan fingerprint density at radius 3 is 2.90 bits per heavy atom. The predicted octanol–water partition coefficient (Wildman–Crippen LogP) is -0.114. The van der Waals surface area contributed by atoms with Crippen LogP contribution in [0, 0.1) is 0 Å². The molecule has 1 unspecified atom stereocenters. The molecule has 1 fully saturated rings. The van der Waals surface area contributed by atoms with Crippen molar-refractivity contribution in [2.24, 2.45) is 10.7 Å². The Hall–Kier alpha value is -2.43. The summed E-state index contributed by atoms with van der Waals surface area (Å²) in [6.45, 7) is 0.626. The summed E-state index contributed by atoms with van der Waals surface area (Å²) < 4.78 is 9.31. The summed E-state index contributed by atoms with van der Waals surface area (Å²) in [7, 11) is 0. The average molecular weight is 271 g/mol. The first kappa shape index (κ1) is 12.6. The summed E-state index contributed by atoms with van der Waals surface area (Å²) >= 11 is 0. The molecule has 0 bridgehead atoms. The van der Waals surface area contributed by atoms with Gasteiger partial charge in [-0.2, -0.15) is 0 Å². The summed E-state index contributed by atoms with van der Waals surface area (Å²) in [6, 6.07) is 5.22. The van der Waals surface area contributed by atoms with Crippen LogP contribution < -0.4 is 16.1 Å². The fraction of sp³-hybridized carbons (Fsp3) is 0.286. The van der Waals surface area contributed by atoms with E-state index >= 15 is 0 Å². The first-order chi connectivity index (χ1) is 9.65. The van der Waals surface area contributed by atoms with Gasteiger partial charge in [-0.25, -0.2) is 4.67 Å². The molecular weight excluding hydrogens is 256 g/mol. The van der Waals surface area contributed by atoms with Gasteiger partial charge in [-0.05, 0) is 31.0 Å². The number of carbonyl (C=O) groups excluding carboxylic acids is 1. The van der Waals surface area contributed by atoms with Crippen LogP contribution in [0.25, 0.3) is 0 Å². The maximum atomic E-state index is 12.4. The van der Waals surface area contributed by atoms with Crippen LogP contribution in [0.4, 0.5) is 5.69 Å². The number of carbonyl (C=O) groups is 1. The minimum absolute atomic E-state index is 0.0747. The molecule has 0 aliphatic carbocycles. The highest BCUT2D eigenvalue weighted by Crippen LogP contribution is 2.22. The van der Waals surface area contributed by atoms with E-state index in [2.05, 4.69) is 9.66 Å². The third kappa shape index (κ3) is 2.22. The van der Waals surface area contributed by atoms with E-state index in [0.29, 0.717) is 23.6 Å². The molecule has 3 rings (SSSR count). The number of nitrogens with zero attached hydrogens (tertiary/aromatic N) is 2. The molecule has 2 aliphatic heterocycles. The van der Waals surface area contributed by atoms with E-state index in [9.17, 15) is 4.79 Å². The molecule has 2 heterocycles. The lowest BCUT2D eigenvalue weighted by molar-refractivity contribution is 0.0644. The molecule has 0 radical (unpaired) electrons. The third-order valence-corrected chi connectivity index (χ3v) is 3.39. The van der Waals surface area contributed by atoms with Crippen LogP contribution in [0.5, 0.6) is 0 Å². The number of aliphatic imine (C=N–C) groups is 1. The number of anilines is 1. The van der Waals surface area contributed by atoms with Crippen molar-refractivity contribution < 1.29 is 9.53 Å². The van der Waals surface area contributed by atoms with Crippen molar-refractivity contribution in [2.45, 2.75) is 18.9 Å². The van der Waals surface area contributed by atoms with Crippen LogP contribution in [-0.2, 0) is 4.74 Å². The zero-order chi connectivity index (χ0) is 14.1. The van der Waals surface area contributed by atoms with E-state index in [4.69, 9.17) is 16.2 Å². The summed E-state index contributed by atoms with van der Waals surface area (Å²) in [5.74, 6) is 0.137. The smallest absolute Gasteiger partial charge is 0.398 e. The molecule has 2 aliphatic rings. The van der Waals surface area contributed by atoms with Crippen LogP contribution in [0.1, 0.15) is 28.8 Å². The number of nitrogens with two attached hydrogens (primary N) is 2. The average Bonchev–Trinajstić information content (AvgIpc) is 3.09. The Bertz CT molecular complexity index is 666. The summed E-state index contributed by atoms with van der Waals surface area (Å²) in [6.07, 6.45) is 2.83. The van der Waals surface area contributed by atoms with Crippen molar-refractivity contribution in [3.8, 4) is 0 Å². The van der Waals surface area contributed by atoms with Gasteiger partial charge in [0.15, 0.2) is 11.5 Å². The molecule has 0 saturated carbocycles. The number of hydrogen-bond donors (Lipinski definition) is 2. The normalized spacial score (nSPS) is 20.9. The number of hydrogen-bond acceptors (Lipinski definition) is 5. The highest BCUT2D eigenvalue weighted by molar-refractivity contribution is 6.42. The summed E-state index contributed by atoms with van der Waals surface area (Å²) in [4.78, 5) is 16.5. The van der Waals surface area contributed by atoms with Gasteiger partial charge >= 0.3 is 5.96 Å². The molecule has 6 heteroatoms. The van der Waals surface area contributed by atoms with Crippen LogP contribution in [0.2, 0.25) is 0 Å². The van der Waals surface area contributed by atoms with E-state index < -0.39 is 0 Å². The van der Waals surface area contributed by atoms with Crippen molar-refractivity contribution >= 4 is 29.4 Å². The minimum atomic E-state index is -0.386. The van der Waals surface area contributed by atoms with E-state index in [0.717, 1.165) is 18.4 Å². The van der Waals surface area contributed by atoms with Gasteiger partial charge in [0.1, 0.15) is 6.10 Å².